The van der Waals surface area contributed by atoms with Gasteiger partial charge in [-0.3, -0.25) is 4.79 Å². The Balaban J connectivity index is 2.64. The molecule has 0 saturated heterocycles. The zero-order chi connectivity index (χ0) is 13.3. The Hall–Kier alpha value is -1.65. The number of aromatic nitrogens is 2. The maximum absolute atomic E-state index is 12.0. The molecule has 0 amide bonds. The second-order valence-electron chi connectivity index (χ2n) is 4.14. The van der Waals surface area contributed by atoms with Crippen LogP contribution < -0.4 is 11.3 Å². The summed E-state index contributed by atoms with van der Waals surface area (Å²) in [5.41, 5.74) is 8.52. The summed E-state index contributed by atoms with van der Waals surface area (Å²) in [7, 11) is 0. The van der Waals surface area contributed by atoms with Gasteiger partial charge in [0.2, 0.25) is 0 Å². The van der Waals surface area contributed by atoms with Gasteiger partial charge in [-0.15, -0.1) is 0 Å². The fourth-order valence-electron chi connectivity index (χ4n) is 1.81. The highest BCUT2D eigenvalue weighted by Crippen LogP contribution is 2.17. The van der Waals surface area contributed by atoms with Crippen LogP contribution in [0, 0.1) is 13.8 Å². The van der Waals surface area contributed by atoms with Gasteiger partial charge in [-0.2, -0.15) is 9.78 Å². The summed E-state index contributed by atoms with van der Waals surface area (Å²) in [6.45, 7) is 4.04. The first-order valence-electron chi connectivity index (χ1n) is 5.59. The van der Waals surface area contributed by atoms with Crippen LogP contribution in [0.2, 0.25) is 5.02 Å². The SMILES string of the molecule is Cc1cc(Cl)ccc1-n1nc(C)c(CN)cc1=O. The average Bonchev–Trinajstić information content (AvgIpc) is 2.32. The normalized spacial score (nSPS) is 10.7. The van der Waals surface area contributed by atoms with Crippen molar-refractivity contribution in [2.75, 3.05) is 0 Å². The van der Waals surface area contributed by atoms with Crippen molar-refractivity contribution in [2.24, 2.45) is 5.73 Å². The molecule has 0 saturated carbocycles. The van der Waals surface area contributed by atoms with Gasteiger partial charge in [-0.1, -0.05) is 11.6 Å². The Kier molecular flexibility index (Phi) is 3.50. The molecule has 18 heavy (non-hydrogen) atoms. The molecule has 94 valence electrons. The molecule has 0 radical (unpaired) electrons. The van der Waals surface area contributed by atoms with Gasteiger partial charge in [0.15, 0.2) is 0 Å². The topological polar surface area (TPSA) is 60.9 Å². The monoisotopic (exact) mass is 263 g/mol. The van der Waals surface area contributed by atoms with E-state index in [2.05, 4.69) is 5.10 Å². The van der Waals surface area contributed by atoms with Crippen LogP contribution in [0.1, 0.15) is 16.8 Å². The Morgan fingerprint density at radius 2 is 2.06 bits per heavy atom. The van der Waals surface area contributed by atoms with E-state index in [1.165, 1.54) is 10.7 Å². The van der Waals surface area contributed by atoms with Crippen molar-refractivity contribution in [1.29, 1.82) is 0 Å². The van der Waals surface area contributed by atoms with Crippen LogP contribution in [0.5, 0.6) is 0 Å². The van der Waals surface area contributed by atoms with Crippen molar-refractivity contribution in [3.8, 4) is 5.69 Å². The van der Waals surface area contributed by atoms with Crippen LogP contribution in [0.3, 0.4) is 0 Å². The fourth-order valence-corrected chi connectivity index (χ4v) is 2.04. The zero-order valence-corrected chi connectivity index (χ0v) is 11.0. The van der Waals surface area contributed by atoms with E-state index in [1.54, 1.807) is 18.2 Å². The maximum Gasteiger partial charge on any atom is 0.271 e. The van der Waals surface area contributed by atoms with Crippen LogP contribution in [0.15, 0.2) is 29.1 Å². The number of benzene rings is 1. The molecule has 0 atom stereocenters. The zero-order valence-electron chi connectivity index (χ0n) is 10.3. The summed E-state index contributed by atoms with van der Waals surface area (Å²) in [6, 6.07) is 6.85. The van der Waals surface area contributed by atoms with Crippen LogP contribution in [-0.2, 0) is 6.54 Å². The predicted molar refractivity (Wildman–Crippen MR) is 72.2 cm³/mol. The lowest BCUT2D eigenvalue weighted by Gasteiger charge is -2.10. The summed E-state index contributed by atoms with van der Waals surface area (Å²) < 4.78 is 1.38. The lowest BCUT2D eigenvalue weighted by atomic mass is 10.2. The largest absolute Gasteiger partial charge is 0.326 e. The van der Waals surface area contributed by atoms with Crippen molar-refractivity contribution >= 4 is 11.6 Å². The van der Waals surface area contributed by atoms with Gasteiger partial charge in [0.1, 0.15) is 0 Å². The van der Waals surface area contributed by atoms with E-state index in [9.17, 15) is 4.79 Å². The van der Waals surface area contributed by atoms with Gasteiger partial charge in [0, 0.05) is 17.6 Å². The number of hydrogen-bond donors (Lipinski definition) is 1. The van der Waals surface area contributed by atoms with Crippen molar-refractivity contribution in [2.45, 2.75) is 20.4 Å². The van der Waals surface area contributed by atoms with Crippen LogP contribution in [0.25, 0.3) is 5.69 Å². The smallest absolute Gasteiger partial charge is 0.271 e. The molecule has 0 aliphatic carbocycles. The Morgan fingerprint density at radius 3 is 2.67 bits per heavy atom. The third-order valence-electron chi connectivity index (χ3n) is 2.83. The molecule has 1 heterocycles. The number of hydrogen-bond acceptors (Lipinski definition) is 3. The van der Waals surface area contributed by atoms with Gasteiger partial charge < -0.3 is 5.73 Å². The van der Waals surface area contributed by atoms with Crippen LogP contribution in [0.4, 0.5) is 0 Å². The average molecular weight is 264 g/mol. The van der Waals surface area contributed by atoms with Gasteiger partial charge in [0.05, 0.1) is 11.4 Å². The molecular weight excluding hydrogens is 250 g/mol. The highest BCUT2D eigenvalue weighted by Gasteiger charge is 2.08. The van der Waals surface area contributed by atoms with E-state index in [0.29, 0.717) is 11.6 Å². The number of aryl methyl sites for hydroxylation is 2. The molecule has 5 heteroatoms. The second kappa shape index (κ2) is 4.92. The van der Waals surface area contributed by atoms with Crippen molar-refractivity contribution in [3.05, 3.63) is 56.5 Å². The minimum atomic E-state index is -0.188. The molecular formula is C13H14ClN3O. The van der Waals surface area contributed by atoms with Crippen molar-refractivity contribution < 1.29 is 0 Å². The van der Waals surface area contributed by atoms with Gasteiger partial charge in [-0.25, -0.2) is 0 Å². The van der Waals surface area contributed by atoms with E-state index in [-0.39, 0.29) is 5.56 Å². The van der Waals surface area contributed by atoms with E-state index < -0.39 is 0 Å². The number of nitrogens with two attached hydrogens (primary N) is 1. The van der Waals surface area contributed by atoms with Crippen molar-refractivity contribution in [1.82, 2.24) is 9.78 Å². The summed E-state index contributed by atoms with van der Waals surface area (Å²) in [4.78, 5) is 12.0. The van der Waals surface area contributed by atoms with E-state index in [0.717, 1.165) is 22.5 Å². The molecule has 1 aromatic carbocycles. The molecule has 0 aliphatic rings. The molecule has 2 aromatic rings. The fraction of sp³-hybridized carbons (Fsp3) is 0.231. The Labute approximate surface area is 110 Å². The van der Waals surface area contributed by atoms with Crippen LogP contribution in [-0.4, -0.2) is 9.78 Å². The standard InChI is InChI=1S/C13H14ClN3O/c1-8-5-11(14)3-4-12(8)17-13(18)6-10(7-15)9(2)16-17/h3-6H,7,15H2,1-2H3. The highest BCUT2D eigenvalue weighted by atomic mass is 35.5. The quantitative estimate of drug-likeness (QED) is 0.901. The molecule has 2 N–H and O–H groups in total. The Morgan fingerprint density at radius 1 is 1.33 bits per heavy atom. The lowest BCUT2D eigenvalue weighted by molar-refractivity contribution is 0.763. The molecule has 0 unspecified atom stereocenters. The summed E-state index contributed by atoms with van der Waals surface area (Å²) in [6.07, 6.45) is 0. The van der Waals surface area contributed by atoms with E-state index in [4.69, 9.17) is 17.3 Å². The molecule has 0 bridgehead atoms. The first kappa shape index (κ1) is 12.8. The Bertz CT molecular complexity index is 649. The van der Waals surface area contributed by atoms with Gasteiger partial charge in [-0.05, 0) is 43.2 Å². The summed E-state index contributed by atoms with van der Waals surface area (Å²) in [5, 5.41) is 4.92. The van der Waals surface area contributed by atoms with Gasteiger partial charge >= 0.3 is 0 Å². The molecule has 4 nitrogen and oxygen atoms in total. The van der Waals surface area contributed by atoms with Crippen molar-refractivity contribution in [3.63, 3.8) is 0 Å². The molecule has 1 aromatic heterocycles. The molecule has 2 rings (SSSR count). The number of nitrogens with zero attached hydrogens (tertiary/aromatic N) is 2. The van der Waals surface area contributed by atoms with Gasteiger partial charge in [0.25, 0.3) is 5.56 Å². The minimum absolute atomic E-state index is 0.188. The highest BCUT2D eigenvalue weighted by molar-refractivity contribution is 6.30. The summed E-state index contributed by atoms with van der Waals surface area (Å²) >= 11 is 5.90. The first-order valence-corrected chi connectivity index (χ1v) is 5.97. The minimum Gasteiger partial charge on any atom is -0.326 e. The first-order chi connectivity index (χ1) is 8.52. The molecule has 0 aliphatic heterocycles. The predicted octanol–water partition coefficient (Wildman–Crippen LogP) is 1.96. The number of halogens is 1. The van der Waals surface area contributed by atoms with E-state index in [1.807, 2.05) is 13.8 Å². The third kappa shape index (κ3) is 2.30. The summed E-state index contributed by atoms with van der Waals surface area (Å²) in [5.74, 6) is 0. The second-order valence-corrected chi connectivity index (χ2v) is 4.58. The van der Waals surface area contributed by atoms with Crippen LogP contribution >= 0.6 is 11.6 Å². The molecule has 0 spiro atoms. The maximum atomic E-state index is 12.0. The third-order valence-corrected chi connectivity index (χ3v) is 3.06. The van der Waals surface area contributed by atoms with E-state index >= 15 is 0 Å². The molecule has 0 fully saturated rings. The lowest BCUT2D eigenvalue weighted by Crippen LogP contribution is -2.24. The number of rotatable bonds is 2.